The normalized spacial score (nSPS) is 14.1. The monoisotopic (exact) mass is 303 g/mol. The zero-order valence-corrected chi connectivity index (χ0v) is 11.7. The molecule has 1 aliphatic heterocycles. The number of nitrogens with zero attached hydrogens (tertiary/aromatic N) is 4. The summed E-state index contributed by atoms with van der Waals surface area (Å²) < 4.78 is 12.9. The van der Waals surface area contributed by atoms with Crippen molar-refractivity contribution in [3.8, 4) is 0 Å². The molecule has 0 amide bonds. The van der Waals surface area contributed by atoms with E-state index in [0.717, 1.165) is 25.9 Å². The van der Waals surface area contributed by atoms with Crippen molar-refractivity contribution in [3.63, 3.8) is 0 Å². The molecule has 7 nitrogen and oxygen atoms in total. The molecule has 114 valence electrons. The van der Waals surface area contributed by atoms with Crippen LogP contribution in [0, 0.1) is 15.9 Å². The summed E-state index contributed by atoms with van der Waals surface area (Å²) >= 11 is 0. The van der Waals surface area contributed by atoms with Crippen LogP contribution < -0.4 is 10.2 Å². The van der Waals surface area contributed by atoms with E-state index in [1.54, 1.807) is 0 Å². The molecule has 1 N–H and O–H groups in total. The van der Waals surface area contributed by atoms with E-state index in [9.17, 15) is 14.5 Å². The number of nitro groups is 1. The lowest BCUT2D eigenvalue weighted by Gasteiger charge is -2.17. The van der Waals surface area contributed by atoms with Crippen LogP contribution in [0.3, 0.4) is 0 Å². The molecule has 0 spiro atoms. The second kappa shape index (κ2) is 5.92. The van der Waals surface area contributed by atoms with E-state index in [1.165, 1.54) is 30.6 Å². The minimum atomic E-state index is -0.487. The first-order valence-corrected chi connectivity index (χ1v) is 6.92. The number of nitrogens with one attached hydrogen (secondary N) is 1. The van der Waals surface area contributed by atoms with E-state index in [2.05, 4.69) is 15.3 Å². The molecule has 0 saturated carbocycles. The van der Waals surface area contributed by atoms with Gasteiger partial charge in [0.15, 0.2) is 0 Å². The summed E-state index contributed by atoms with van der Waals surface area (Å²) in [5, 5.41) is 14.3. The van der Waals surface area contributed by atoms with Gasteiger partial charge in [-0.2, -0.15) is 0 Å². The first-order valence-electron chi connectivity index (χ1n) is 6.92. The predicted octanol–water partition coefficient (Wildman–Crippen LogP) is 2.87. The quantitative estimate of drug-likeness (QED) is 0.690. The fraction of sp³-hybridized carbons (Fsp3) is 0.286. The molecule has 1 aromatic carbocycles. The van der Waals surface area contributed by atoms with Crippen molar-refractivity contribution in [1.82, 2.24) is 9.97 Å². The molecular weight excluding hydrogens is 289 g/mol. The fourth-order valence-electron chi connectivity index (χ4n) is 2.46. The van der Waals surface area contributed by atoms with Crippen LogP contribution in [0.2, 0.25) is 0 Å². The van der Waals surface area contributed by atoms with Crippen molar-refractivity contribution in [2.45, 2.75) is 12.8 Å². The van der Waals surface area contributed by atoms with Gasteiger partial charge in [-0.05, 0) is 37.1 Å². The zero-order chi connectivity index (χ0) is 15.5. The van der Waals surface area contributed by atoms with E-state index < -0.39 is 4.92 Å². The highest BCUT2D eigenvalue weighted by molar-refractivity contribution is 5.74. The summed E-state index contributed by atoms with van der Waals surface area (Å²) in [6.45, 7) is 1.49. The Morgan fingerprint density at radius 2 is 1.86 bits per heavy atom. The third-order valence-corrected chi connectivity index (χ3v) is 3.50. The molecule has 2 aromatic rings. The Hall–Kier alpha value is -2.77. The van der Waals surface area contributed by atoms with Crippen LogP contribution in [-0.2, 0) is 0 Å². The van der Waals surface area contributed by atoms with Gasteiger partial charge in [-0.3, -0.25) is 10.1 Å². The van der Waals surface area contributed by atoms with Gasteiger partial charge < -0.3 is 10.2 Å². The Balaban J connectivity index is 1.97. The largest absolute Gasteiger partial charge is 0.353 e. The molecule has 3 rings (SSSR count). The highest BCUT2D eigenvalue weighted by atomic mass is 19.1. The number of anilines is 3. The lowest BCUT2D eigenvalue weighted by atomic mass is 10.3. The van der Waals surface area contributed by atoms with Crippen molar-refractivity contribution in [2.75, 3.05) is 23.3 Å². The van der Waals surface area contributed by atoms with Crippen LogP contribution in [0.15, 0.2) is 30.6 Å². The van der Waals surface area contributed by atoms with E-state index >= 15 is 0 Å². The van der Waals surface area contributed by atoms with Crippen LogP contribution in [0.4, 0.5) is 27.4 Å². The second-order valence-corrected chi connectivity index (χ2v) is 4.98. The van der Waals surface area contributed by atoms with E-state index in [4.69, 9.17) is 0 Å². The third-order valence-electron chi connectivity index (χ3n) is 3.50. The second-order valence-electron chi connectivity index (χ2n) is 4.98. The maximum absolute atomic E-state index is 12.9. The molecule has 0 atom stereocenters. The molecule has 8 heteroatoms. The Morgan fingerprint density at radius 1 is 1.18 bits per heavy atom. The number of hydrogen-bond acceptors (Lipinski definition) is 6. The summed E-state index contributed by atoms with van der Waals surface area (Å²) in [6, 6.07) is 5.54. The summed E-state index contributed by atoms with van der Waals surface area (Å²) in [5.74, 6) is 0.0520. The Bertz CT molecular complexity index is 686. The predicted molar refractivity (Wildman–Crippen MR) is 79.8 cm³/mol. The molecule has 1 aromatic heterocycles. The average Bonchev–Trinajstić information content (AvgIpc) is 3.03. The van der Waals surface area contributed by atoms with E-state index in [-0.39, 0.29) is 17.3 Å². The number of rotatable bonds is 4. The highest BCUT2D eigenvalue weighted by Crippen LogP contribution is 2.34. The Morgan fingerprint density at radius 3 is 2.50 bits per heavy atom. The number of hydrogen-bond donors (Lipinski definition) is 1. The lowest BCUT2D eigenvalue weighted by Crippen LogP contribution is -2.21. The minimum Gasteiger partial charge on any atom is -0.351 e. The molecule has 1 saturated heterocycles. The van der Waals surface area contributed by atoms with E-state index in [1.807, 2.05) is 4.90 Å². The summed E-state index contributed by atoms with van der Waals surface area (Å²) in [4.78, 5) is 20.9. The van der Waals surface area contributed by atoms with Crippen molar-refractivity contribution >= 4 is 23.0 Å². The first kappa shape index (κ1) is 14.2. The van der Waals surface area contributed by atoms with Crippen molar-refractivity contribution in [2.24, 2.45) is 0 Å². The molecule has 0 aliphatic carbocycles. The maximum Gasteiger partial charge on any atom is 0.353 e. The van der Waals surface area contributed by atoms with Gasteiger partial charge in [-0.15, -0.1) is 0 Å². The van der Waals surface area contributed by atoms with E-state index in [0.29, 0.717) is 11.5 Å². The van der Waals surface area contributed by atoms with Crippen LogP contribution in [0.1, 0.15) is 12.8 Å². The third kappa shape index (κ3) is 2.80. The lowest BCUT2D eigenvalue weighted by molar-refractivity contribution is -0.383. The minimum absolute atomic E-state index is 0.105. The fourth-order valence-corrected chi connectivity index (χ4v) is 2.46. The van der Waals surface area contributed by atoms with Crippen molar-refractivity contribution in [1.29, 1.82) is 0 Å². The average molecular weight is 303 g/mol. The van der Waals surface area contributed by atoms with Gasteiger partial charge in [0.1, 0.15) is 12.1 Å². The van der Waals surface area contributed by atoms with Gasteiger partial charge >= 0.3 is 5.69 Å². The Labute approximate surface area is 126 Å². The molecule has 1 fully saturated rings. The zero-order valence-electron chi connectivity index (χ0n) is 11.7. The topological polar surface area (TPSA) is 84.2 Å². The van der Waals surface area contributed by atoms with Gasteiger partial charge in [0.05, 0.1) is 4.92 Å². The van der Waals surface area contributed by atoms with Gasteiger partial charge in [0.2, 0.25) is 11.6 Å². The number of aromatic nitrogens is 2. The van der Waals surface area contributed by atoms with Crippen LogP contribution in [0.25, 0.3) is 0 Å². The molecule has 0 bridgehead atoms. The molecule has 2 heterocycles. The summed E-state index contributed by atoms with van der Waals surface area (Å²) in [7, 11) is 0. The van der Waals surface area contributed by atoms with Gasteiger partial charge in [0.25, 0.3) is 0 Å². The number of halogens is 1. The van der Waals surface area contributed by atoms with Gasteiger partial charge in [-0.1, -0.05) is 0 Å². The number of benzene rings is 1. The molecule has 1 aliphatic rings. The SMILES string of the molecule is O=[N+]([O-])c1c(Nc2ccc(F)cc2)ncnc1N1CCCC1. The molecule has 22 heavy (non-hydrogen) atoms. The maximum atomic E-state index is 12.9. The van der Waals surface area contributed by atoms with Gasteiger partial charge in [0, 0.05) is 18.8 Å². The van der Waals surface area contributed by atoms with Crippen LogP contribution in [0.5, 0.6) is 0 Å². The van der Waals surface area contributed by atoms with Gasteiger partial charge in [-0.25, -0.2) is 14.4 Å². The highest BCUT2D eigenvalue weighted by Gasteiger charge is 2.28. The van der Waals surface area contributed by atoms with Crippen molar-refractivity contribution in [3.05, 3.63) is 46.5 Å². The van der Waals surface area contributed by atoms with Crippen LogP contribution >= 0.6 is 0 Å². The van der Waals surface area contributed by atoms with Crippen LogP contribution in [-0.4, -0.2) is 28.0 Å². The molecule has 0 radical (unpaired) electrons. The molecular formula is C14H14FN5O2. The standard InChI is InChI=1S/C14H14FN5O2/c15-10-3-5-11(6-4-10)18-13-12(20(21)22)14(17-9-16-13)19-7-1-2-8-19/h3-6,9H,1-2,7-8H2,(H,16,17,18). The Kier molecular flexibility index (Phi) is 3.82. The summed E-state index contributed by atoms with van der Waals surface area (Å²) in [6.07, 6.45) is 3.27. The first-order chi connectivity index (χ1) is 10.6. The molecule has 0 unspecified atom stereocenters. The smallest absolute Gasteiger partial charge is 0.351 e. The van der Waals surface area contributed by atoms with Crippen molar-refractivity contribution < 1.29 is 9.31 Å². The summed E-state index contributed by atoms with van der Waals surface area (Å²) in [5.41, 5.74) is 0.365.